The molecule has 0 saturated carbocycles. The van der Waals surface area contributed by atoms with E-state index in [0.29, 0.717) is 23.9 Å². The molecule has 0 aliphatic rings. The van der Waals surface area contributed by atoms with Gasteiger partial charge in [-0.15, -0.1) is 0 Å². The van der Waals surface area contributed by atoms with Crippen LogP contribution in [0.1, 0.15) is 97.3 Å². The maximum atomic E-state index is 12.4. The number of nitrogens with zero attached hydrogens (tertiary/aromatic N) is 1. The molecule has 0 aromatic carbocycles. The van der Waals surface area contributed by atoms with Crippen LogP contribution in [0.5, 0.6) is 0 Å². The van der Waals surface area contributed by atoms with Crippen molar-refractivity contribution < 1.29 is 32.9 Å². The van der Waals surface area contributed by atoms with Gasteiger partial charge in [0.05, 0.1) is 39.9 Å². The lowest BCUT2D eigenvalue weighted by Gasteiger charge is -2.26. The fourth-order valence-electron chi connectivity index (χ4n) is 3.39. The van der Waals surface area contributed by atoms with Crippen LogP contribution in [0.2, 0.25) is 0 Å². The minimum absolute atomic E-state index is 0.0757. The van der Waals surface area contributed by atoms with Crippen molar-refractivity contribution in [1.82, 2.24) is 5.32 Å². The van der Waals surface area contributed by atoms with E-state index in [2.05, 4.69) is 19.2 Å². The van der Waals surface area contributed by atoms with Gasteiger partial charge in [-0.2, -0.15) is 0 Å². The van der Waals surface area contributed by atoms with Crippen molar-refractivity contribution in [2.24, 2.45) is 0 Å². The summed E-state index contributed by atoms with van der Waals surface area (Å²) in [7, 11) is 1.61. The molecule has 8 nitrogen and oxygen atoms in total. The first-order chi connectivity index (χ1) is 15.5. The average molecular weight is 496 g/mol. The van der Waals surface area contributed by atoms with E-state index >= 15 is 0 Å². The second kappa shape index (κ2) is 18.8. The van der Waals surface area contributed by atoms with E-state index in [4.69, 9.17) is 9.05 Å². The summed E-state index contributed by atoms with van der Waals surface area (Å²) in [6.07, 6.45) is 11.8. The number of aliphatic hydroxyl groups is 1. The topological polar surface area (TPSA) is 105 Å². The van der Waals surface area contributed by atoms with Gasteiger partial charge in [0.15, 0.2) is 0 Å². The third kappa shape index (κ3) is 20.6. The largest absolute Gasteiger partial charge is 0.472 e. The molecular weight excluding hydrogens is 443 g/mol. The van der Waals surface area contributed by atoms with Crippen molar-refractivity contribution >= 4 is 13.7 Å². The Bertz CT molecular complexity index is 542. The van der Waals surface area contributed by atoms with Gasteiger partial charge in [-0.1, -0.05) is 78.1 Å². The molecule has 9 heteroatoms. The van der Waals surface area contributed by atoms with Crippen molar-refractivity contribution in [1.29, 1.82) is 0 Å². The highest BCUT2D eigenvalue weighted by molar-refractivity contribution is 7.47. The standard InChI is InChI=1S/C24H51N2O6P/c1-6-8-10-12-14-16-18-24(28)25-22(23(27)17-15-13-11-9-7-2)21-32-33(29,30)31-20-19-26(3,4)5/h22-23,27H,6-21H2,1-5H3,(H-,25,28,29,30)/p+1. The Kier molecular flexibility index (Phi) is 18.5. The van der Waals surface area contributed by atoms with E-state index in [-0.39, 0.29) is 19.1 Å². The summed E-state index contributed by atoms with van der Waals surface area (Å²) in [5.41, 5.74) is 0. The second-order valence-electron chi connectivity index (χ2n) is 10.1. The molecule has 3 atom stereocenters. The van der Waals surface area contributed by atoms with Crippen molar-refractivity contribution in [2.45, 2.75) is 109 Å². The molecule has 3 unspecified atom stereocenters. The molecule has 0 spiro atoms. The molecule has 0 saturated heterocycles. The third-order valence-corrected chi connectivity index (χ3v) is 6.59. The number of carbonyl (C=O) groups is 1. The molecule has 1 amide bonds. The van der Waals surface area contributed by atoms with E-state index in [9.17, 15) is 19.4 Å². The fraction of sp³-hybridized carbons (Fsp3) is 0.958. The van der Waals surface area contributed by atoms with Gasteiger partial charge in [-0.3, -0.25) is 13.8 Å². The minimum atomic E-state index is -4.27. The Morgan fingerprint density at radius 3 is 2.03 bits per heavy atom. The Hall–Kier alpha value is -0.500. The summed E-state index contributed by atoms with van der Waals surface area (Å²) in [5, 5.41) is 13.5. The van der Waals surface area contributed by atoms with Crippen LogP contribution in [0.25, 0.3) is 0 Å². The SMILES string of the molecule is CCCCCCCCC(=O)NC(COP(=O)(O)OCC[N+](C)(C)C)C(O)CCCCCCC. The molecular formula is C24H52N2O6P+. The second-order valence-corrected chi connectivity index (χ2v) is 11.5. The highest BCUT2D eigenvalue weighted by atomic mass is 31.2. The maximum Gasteiger partial charge on any atom is 0.472 e. The van der Waals surface area contributed by atoms with Crippen molar-refractivity contribution in [2.75, 3.05) is 40.9 Å². The van der Waals surface area contributed by atoms with Crippen LogP contribution in [-0.4, -0.2) is 73.4 Å². The molecule has 0 fully saturated rings. The van der Waals surface area contributed by atoms with Gasteiger partial charge in [-0.05, 0) is 12.8 Å². The summed E-state index contributed by atoms with van der Waals surface area (Å²) in [6.45, 7) is 4.68. The highest BCUT2D eigenvalue weighted by Gasteiger charge is 2.28. The lowest BCUT2D eigenvalue weighted by molar-refractivity contribution is -0.870. The molecule has 0 radical (unpaired) electrons. The Balaban J connectivity index is 4.66. The van der Waals surface area contributed by atoms with Gasteiger partial charge < -0.3 is 19.8 Å². The van der Waals surface area contributed by atoms with E-state index in [1.165, 1.54) is 19.3 Å². The number of phosphoric ester groups is 1. The molecule has 0 bridgehead atoms. The van der Waals surface area contributed by atoms with Crippen LogP contribution in [0.3, 0.4) is 0 Å². The van der Waals surface area contributed by atoms with Crippen LogP contribution in [0.4, 0.5) is 0 Å². The summed E-state index contributed by atoms with van der Waals surface area (Å²) in [6, 6.07) is -0.744. The van der Waals surface area contributed by atoms with E-state index in [0.717, 1.165) is 51.4 Å². The van der Waals surface area contributed by atoms with Gasteiger partial charge in [0, 0.05) is 6.42 Å². The number of likely N-dealkylation sites (N-methyl/N-ethyl adjacent to an activating group) is 1. The minimum Gasteiger partial charge on any atom is -0.391 e. The highest BCUT2D eigenvalue weighted by Crippen LogP contribution is 2.43. The predicted octanol–water partition coefficient (Wildman–Crippen LogP) is 4.78. The van der Waals surface area contributed by atoms with Crippen molar-refractivity contribution in [3.63, 3.8) is 0 Å². The zero-order valence-electron chi connectivity index (χ0n) is 21.9. The van der Waals surface area contributed by atoms with Crippen LogP contribution in [-0.2, 0) is 18.4 Å². The number of hydrogen-bond donors (Lipinski definition) is 3. The monoisotopic (exact) mass is 495 g/mol. The molecule has 0 aromatic heterocycles. The fourth-order valence-corrected chi connectivity index (χ4v) is 4.13. The van der Waals surface area contributed by atoms with E-state index in [1.54, 1.807) is 0 Å². The Morgan fingerprint density at radius 1 is 0.909 bits per heavy atom. The lowest BCUT2D eigenvalue weighted by atomic mass is 10.0. The Morgan fingerprint density at radius 2 is 1.45 bits per heavy atom. The summed E-state index contributed by atoms with van der Waals surface area (Å²) in [5.74, 6) is -0.164. The molecule has 0 heterocycles. The number of amides is 1. The van der Waals surface area contributed by atoms with E-state index in [1.807, 2.05) is 21.1 Å². The van der Waals surface area contributed by atoms with Gasteiger partial charge in [-0.25, -0.2) is 4.57 Å². The number of phosphoric acid groups is 1. The molecule has 0 aromatic rings. The summed E-state index contributed by atoms with van der Waals surface area (Å²) >= 11 is 0. The summed E-state index contributed by atoms with van der Waals surface area (Å²) < 4.78 is 23.1. The van der Waals surface area contributed by atoms with Gasteiger partial charge in [0.25, 0.3) is 0 Å². The first-order valence-corrected chi connectivity index (χ1v) is 14.4. The number of aliphatic hydroxyl groups excluding tert-OH is 1. The smallest absolute Gasteiger partial charge is 0.391 e. The van der Waals surface area contributed by atoms with Gasteiger partial charge in [0.1, 0.15) is 13.2 Å². The van der Waals surface area contributed by atoms with Crippen LogP contribution in [0.15, 0.2) is 0 Å². The number of hydrogen-bond acceptors (Lipinski definition) is 5. The third-order valence-electron chi connectivity index (χ3n) is 5.61. The first-order valence-electron chi connectivity index (χ1n) is 12.9. The molecule has 0 aliphatic heterocycles. The molecule has 33 heavy (non-hydrogen) atoms. The molecule has 0 aliphatic carbocycles. The van der Waals surface area contributed by atoms with Crippen molar-refractivity contribution in [3.05, 3.63) is 0 Å². The molecule has 0 rings (SSSR count). The Labute approximate surface area is 202 Å². The number of rotatable bonds is 22. The van der Waals surface area contributed by atoms with Gasteiger partial charge >= 0.3 is 7.82 Å². The number of unbranched alkanes of at least 4 members (excludes halogenated alkanes) is 9. The quantitative estimate of drug-likeness (QED) is 0.113. The average Bonchev–Trinajstić information content (AvgIpc) is 2.72. The summed E-state index contributed by atoms with van der Waals surface area (Å²) in [4.78, 5) is 22.4. The predicted molar refractivity (Wildman–Crippen MR) is 134 cm³/mol. The normalized spacial score (nSPS) is 15.7. The zero-order valence-corrected chi connectivity index (χ0v) is 22.8. The number of carbonyl (C=O) groups excluding carboxylic acids is 1. The first kappa shape index (κ1) is 32.5. The van der Waals surface area contributed by atoms with Crippen LogP contribution < -0.4 is 5.32 Å². The zero-order chi connectivity index (χ0) is 25.2. The number of quaternary nitrogens is 1. The van der Waals surface area contributed by atoms with Gasteiger partial charge in [0.2, 0.25) is 5.91 Å². The maximum absolute atomic E-state index is 12.4. The van der Waals surface area contributed by atoms with Crippen LogP contribution >= 0.6 is 7.82 Å². The molecule has 3 N–H and O–H groups in total. The molecule has 198 valence electrons. The number of nitrogens with one attached hydrogen (secondary N) is 1. The van der Waals surface area contributed by atoms with E-state index < -0.39 is 20.0 Å². The lowest BCUT2D eigenvalue weighted by Crippen LogP contribution is -2.46. The van der Waals surface area contributed by atoms with Crippen molar-refractivity contribution in [3.8, 4) is 0 Å². The van der Waals surface area contributed by atoms with Crippen LogP contribution in [0, 0.1) is 0 Å².